The van der Waals surface area contributed by atoms with Crippen LogP contribution in [0.5, 0.6) is 5.75 Å². The Morgan fingerprint density at radius 3 is 2.42 bits per heavy atom. The number of hydrogen-bond acceptors (Lipinski definition) is 5. The van der Waals surface area contributed by atoms with Gasteiger partial charge in [-0.2, -0.15) is 0 Å². The minimum Gasteiger partial charge on any atom is -0.497 e. The van der Waals surface area contributed by atoms with Crippen LogP contribution in [0.3, 0.4) is 0 Å². The van der Waals surface area contributed by atoms with E-state index in [2.05, 4.69) is 4.72 Å². The molecule has 8 heteroatoms. The molecule has 0 unspecified atom stereocenters. The van der Waals surface area contributed by atoms with Crippen LogP contribution >= 0.6 is 0 Å². The predicted molar refractivity (Wildman–Crippen MR) is 89.4 cm³/mol. The molecule has 128 valence electrons. The number of methoxy groups -OCH3 is 1. The molecular formula is C16H18N2O5S. The molecule has 1 atom stereocenters. The van der Waals surface area contributed by atoms with Crippen LogP contribution in [0.1, 0.15) is 24.9 Å². The number of nitro benzene ring substituents is 1. The van der Waals surface area contributed by atoms with Crippen molar-refractivity contribution >= 4 is 15.7 Å². The van der Waals surface area contributed by atoms with Gasteiger partial charge in [-0.3, -0.25) is 10.1 Å². The van der Waals surface area contributed by atoms with Crippen LogP contribution in [0.15, 0.2) is 53.4 Å². The minimum atomic E-state index is -3.88. The highest BCUT2D eigenvalue weighted by Crippen LogP contribution is 2.24. The number of non-ortho nitro benzene ring substituents is 1. The molecule has 0 aliphatic rings. The van der Waals surface area contributed by atoms with Crippen LogP contribution in [-0.2, 0) is 10.0 Å². The second-order valence-corrected chi connectivity index (χ2v) is 6.82. The molecule has 0 amide bonds. The Balaban J connectivity index is 2.28. The van der Waals surface area contributed by atoms with Crippen molar-refractivity contribution < 1.29 is 18.1 Å². The first kappa shape index (κ1) is 17.9. The number of nitro groups is 1. The Hall–Kier alpha value is -2.45. The molecule has 7 nitrogen and oxygen atoms in total. The first-order valence-corrected chi connectivity index (χ1v) is 8.76. The Morgan fingerprint density at radius 1 is 1.21 bits per heavy atom. The Bertz CT molecular complexity index is 819. The summed E-state index contributed by atoms with van der Waals surface area (Å²) < 4.78 is 32.7. The number of hydrogen-bond donors (Lipinski definition) is 1. The maximum absolute atomic E-state index is 12.5. The predicted octanol–water partition coefficient (Wildman–Crippen LogP) is 3.03. The SMILES string of the molecule is CC[C@@H](NS(=O)(=O)c1cccc([N+](=O)[O-])c1)c1ccc(OC)cc1. The van der Waals surface area contributed by atoms with Gasteiger partial charge in [-0.25, -0.2) is 13.1 Å². The molecule has 0 saturated carbocycles. The van der Waals surface area contributed by atoms with Crippen LogP contribution in [0.4, 0.5) is 5.69 Å². The Morgan fingerprint density at radius 2 is 1.88 bits per heavy atom. The highest BCUT2D eigenvalue weighted by Gasteiger charge is 2.22. The zero-order valence-corrected chi connectivity index (χ0v) is 14.1. The van der Waals surface area contributed by atoms with Gasteiger partial charge in [0.05, 0.1) is 16.9 Å². The van der Waals surface area contributed by atoms with Gasteiger partial charge in [0.1, 0.15) is 5.75 Å². The van der Waals surface area contributed by atoms with Gasteiger partial charge >= 0.3 is 0 Å². The molecule has 0 radical (unpaired) electrons. The highest BCUT2D eigenvalue weighted by molar-refractivity contribution is 7.89. The number of benzene rings is 2. The van der Waals surface area contributed by atoms with E-state index in [1.807, 2.05) is 6.92 Å². The van der Waals surface area contributed by atoms with E-state index in [0.717, 1.165) is 11.6 Å². The fraction of sp³-hybridized carbons (Fsp3) is 0.250. The molecule has 0 heterocycles. The van der Waals surface area contributed by atoms with E-state index in [1.165, 1.54) is 18.2 Å². The van der Waals surface area contributed by atoms with Crippen molar-refractivity contribution in [2.24, 2.45) is 0 Å². The lowest BCUT2D eigenvalue weighted by Gasteiger charge is -2.18. The average molecular weight is 350 g/mol. The van der Waals surface area contributed by atoms with Crippen LogP contribution < -0.4 is 9.46 Å². The van der Waals surface area contributed by atoms with Crippen molar-refractivity contribution in [2.45, 2.75) is 24.3 Å². The molecule has 0 bridgehead atoms. The number of rotatable bonds is 7. The van der Waals surface area contributed by atoms with Crippen molar-refractivity contribution in [3.05, 3.63) is 64.2 Å². The van der Waals surface area contributed by atoms with E-state index in [1.54, 1.807) is 31.4 Å². The van der Waals surface area contributed by atoms with Crippen LogP contribution in [0.25, 0.3) is 0 Å². The highest BCUT2D eigenvalue weighted by atomic mass is 32.2. The summed E-state index contributed by atoms with van der Waals surface area (Å²) in [5, 5.41) is 10.8. The van der Waals surface area contributed by atoms with Gasteiger partial charge in [0.25, 0.3) is 5.69 Å². The maximum atomic E-state index is 12.5. The average Bonchev–Trinajstić information content (AvgIpc) is 2.60. The standard InChI is InChI=1S/C16H18N2O5S/c1-3-16(12-7-9-14(23-2)10-8-12)17-24(21,22)15-6-4-5-13(11-15)18(19)20/h4-11,16-17H,3H2,1-2H3/t16-/m1/s1. The fourth-order valence-electron chi connectivity index (χ4n) is 2.24. The quantitative estimate of drug-likeness (QED) is 0.611. The van der Waals surface area contributed by atoms with E-state index >= 15 is 0 Å². The van der Waals surface area contributed by atoms with Crippen molar-refractivity contribution in [3.63, 3.8) is 0 Å². The van der Waals surface area contributed by atoms with Crippen LogP contribution in [-0.4, -0.2) is 20.5 Å². The number of nitrogens with zero attached hydrogens (tertiary/aromatic N) is 1. The summed E-state index contributed by atoms with van der Waals surface area (Å²) in [6.07, 6.45) is 0.528. The van der Waals surface area contributed by atoms with Gasteiger partial charge in [0.15, 0.2) is 0 Å². The molecule has 0 aliphatic carbocycles. The second kappa shape index (κ2) is 7.41. The van der Waals surface area contributed by atoms with Crippen molar-refractivity contribution in [2.75, 3.05) is 7.11 Å². The van der Waals surface area contributed by atoms with Gasteiger partial charge in [0.2, 0.25) is 10.0 Å². The van der Waals surface area contributed by atoms with Gasteiger partial charge < -0.3 is 4.74 Å². The van der Waals surface area contributed by atoms with E-state index < -0.39 is 21.0 Å². The summed E-state index contributed by atoms with van der Waals surface area (Å²) in [5.41, 5.74) is 0.516. The molecule has 1 N–H and O–H groups in total. The lowest BCUT2D eigenvalue weighted by atomic mass is 10.1. The summed E-state index contributed by atoms with van der Waals surface area (Å²) in [6, 6.07) is 11.6. The lowest BCUT2D eigenvalue weighted by molar-refractivity contribution is -0.385. The molecule has 2 aromatic rings. The van der Waals surface area contributed by atoms with Crippen molar-refractivity contribution in [1.82, 2.24) is 4.72 Å². The molecule has 24 heavy (non-hydrogen) atoms. The van der Waals surface area contributed by atoms with E-state index in [4.69, 9.17) is 4.74 Å². The van der Waals surface area contributed by atoms with E-state index in [0.29, 0.717) is 12.2 Å². The number of nitrogens with one attached hydrogen (secondary N) is 1. The summed E-state index contributed by atoms with van der Waals surface area (Å²) in [5.74, 6) is 0.676. The van der Waals surface area contributed by atoms with Gasteiger partial charge in [0, 0.05) is 18.2 Å². The first-order valence-electron chi connectivity index (χ1n) is 7.28. The van der Waals surface area contributed by atoms with Gasteiger partial charge in [-0.15, -0.1) is 0 Å². The zero-order valence-electron chi connectivity index (χ0n) is 13.3. The summed E-state index contributed by atoms with van der Waals surface area (Å²) >= 11 is 0. The van der Waals surface area contributed by atoms with Gasteiger partial charge in [-0.05, 0) is 30.2 Å². The summed E-state index contributed by atoms with van der Waals surface area (Å²) in [7, 11) is -2.32. The monoisotopic (exact) mass is 350 g/mol. The van der Waals surface area contributed by atoms with E-state index in [9.17, 15) is 18.5 Å². The second-order valence-electron chi connectivity index (χ2n) is 5.11. The number of ether oxygens (including phenoxy) is 1. The third-order valence-corrected chi connectivity index (χ3v) is 5.03. The number of sulfonamides is 1. The molecule has 0 fully saturated rings. The van der Waals surface area contributed by atoms with Crippen molar-refractivity contribution in [1.29, 1.82) is 0 Å². The third kappa shape index (κ3) is 4.09. The summed E-state index contributed by atoms with van der Waals surface area (Å²) in [4.78, 5) is 10.1. The Kier molecular flexibility index (Phi) is 5.53. The maximum Gasteiger partial charge on any atom is 0.270 e. The lowest BCUT2D eigenvalue weighted by Crippen LogP contribution is -2.28. The first-order chi connectivity index (χ1) is 11.4. The topological polar surface area (TPSA) is 98.5 Å². The Labute approximate surface area is 140 Å². The van der Waals surface area contributed by atoms with Crippen molar-refractivity contribution in [3.8, 4) is 5.75 Å². The molecule has 0 spiro atoms. The summed E-state index contributed by atoms with van der Waals surface area (Å²) in [6.45, 7) is 1.85. The van der Waals surface area contributed by atoms with Crippen LogP contribution in [0, 0.1) is 10.1 Å². The molecule has 2 rings (SSSR count). The molecule has 0 aliphatic heterocycles. The molecular weight excluding hydrogens is 332 g/mol. The zero-order chi connectivity index (χ0) is 17.7. The largest absolute Gasteiger partial charge is 0.497 e. The molecule has 2 aromatic carbocycles. The van der Waals surface area contributed by atoms with Crippen LogP contribution in [0.2, 0.25) is 0 Å². The fourth-order valence-corrected chi connectivity index (χ4v) is 3.59. The minimum absolute atomic E-state index is 0.135. The normalized spacial score (nSPS) is 12.6. The van der Waals surface area contributed by atoms with Gasteiger partial charge in [-0.1, -0.05) is 25.1 Å². The smallest absolute Gasteiger partial charge is 0.270 e. The third-order valence-electron chi connectivity index (χ3n) is 3.56. The van der Waals surface area contributed by atoms with E-state index in [-0.39, 0.29) is 10.6 Å². The molecule has 0 saturated heterocycles. The molecule has 0 aromatic heterocycles.